The molecule has 0 radical (unpaired) electrons. The van der Waals surface area contributed by atoms with Crippen molar-refractivity contribution in [3.63, 3.8) is 0 Å². The first-order valence-corrected chi connectivity index (χ1v) is 2.40. The van der Waals surface area contributed by atoms with Gasteiger partial charge < -0.3 is 5.11 Å². The molecule has 0 saturated carbocycles. The Hall–Kier alpha value is -0.730. The lowest BCUT2D eigenvalue weighted by Gasteiger charge is -2.04. The van der Waals surface area contributed by atoms with E-state index in [2.05, 4.69) is 10.0 Å². The Balaban J connectivity index is 3.63. The molecule has 0 aromatic carbocycles. The Kier molecular flexibility index (Phi) is 2.99. The molecule has 4 heteroatoms. The molecule has 0 fully saturated rings. The Labute approximate surface area is 47.8 Å². The first-order chi connectivity index (χ1) is 3.68. The summed E-state index contributed by atoms with van der Waals surface area (Å²) < 4.78 is 0. The Morgan fingerprint density at radius 2 is 2.12 bits per heavy atom. The lowest BCUT2D eigenvalue weighted by Crippen LogP contribution is -2.15. The average molecular weight is 115 g/mol. The van der Waals surface area contributed by atoms with E-state index in [1.807, 2.05) is 0 Å². The van der Waals surface area contributed by atoms with Crippen molar-refractivity contribution in [3.8, 4) is 0 Å². The third-order valence-electron chi connectivity index (χ3n) is 0.932. The van der Waals surface area contributed by atoms with Crippen LogP contribution in [0.1, 0.15) is 13.8 Å². The minimum atomic E-state index is -0.550. The summed E-state index contributed by atoms with van der Waals surface area (Å²) in [6.45, 7) is 3.24. The van der Waals surface area contributed by atoms with Crippen LogP contribution in [-0.4, -0.2) is 17.3 Å². The smallest absolute Gasteiger partial charge is 0.0602 e. The minimum Gasteiger partial charge on any atom is -0.393 e. The highest BCUT2D eigenvalue weighted by Gasteiger charge is 2.03. The van der Waals surface area contributed by atoms with Crippen LogP contribution in [0.15, 0.2) is 5.11 Å². The summed E-state index contributed by atoms with van der Waals surface area (Å²) in [5, 5.41) is 11.9. The topological polar surface area (TPSA) is 69.0 Å². The quantitative estimate of drug-likeness (QED) is 0.326. The van der Waals surface area contributed by atoms with Gasteiger partial charge in [-0.15, -0.1) is 0 Å². The lowest BCUT2D eigenvalue weighted by molar-refractivity contribution is 0.170. The van der Waals surface area contributed by atoms with Crippen LogP contribution in [0.4, 0.5) is 0 Å². The zero-order chi connectivity index (χ0) is 6.57. The number of aliphatic hydroxyl groups is 1. The van der Waals surface area contributed by atoms with Crippen molar-refractivity contribution in [3.05, 3.63) is 10.4 Å². The molecule has 0 aliphatic heterocycles. The molecule has 1 N–H and O–H groups in total. The van der Waals surface area contributed by atoms with Gasteiger partial charge in [0.2, 0.25) is 0 Å². The summed E-state index contributed by atoms with van der Waals surface area (Å²) in [6.07, 6.45) is -0.550. The van der Waals surface area contributed by atoms with E-state index < -0.39 is 6.10 Å². The first kappa shape index (κ1) is 7.27. The Morgan fingerprint density at radius 1 is 1.62 bits per heavy atom. The molecule has 4 nitrogen and oxygen atoms in total. The van der Waals surface area contributed by atoms with E-state index in [0.717, 1.165) is 0 Å². The van der Waals surface area contributed by atoms with E-state index in [9.17, 15) is 0 Å². The molecule has 0 heterocycles. The molecule has 2 atom stereocenters. The molecule has 0 rings (SSSR count). The molecule has 0 aromatic heterocycles. The molecular weight excluding hydrogens is 106 g/mol. The van der Waals surface area contributed by atoms with Crippen molar-refractivity contribution < 1.29 is 5.11 Å². The number of hydrogen-bond acceptors (Lipinski definition) is 2. The predicted molar refractivity (Wildman–Crippen MR) is 30.3 cm³/mol. The SMILES string of the molecule is C[C@@H](O)[C@@H](C)N=[N+]=[N-]. The number of hydrogen-bond donors (Lipinski definition) is 1. The van der Waals surface area contributed by atoms with E-state index in [4.69, 9.17) is 10.6 Å². The number of azide groups is 1. The van der Waals surface area contributed by atoms with Gasteiger partial charge in [-0.1, -0.05) is 12.0 Å². The zero-order valence-electron chi connectivity index (χ0n) is 4.94. The second-order valence-corrected chi connectivity index (χ2v) is 1.69. The van der Waals surface area contributed by atoms with Gasteiger partial charge in [0, 0.05) is 4.91 Å². The highest BCUT2D eigenvalue weighted by Crippen LogP contribution is 1.95. The van der Waals surface area contributed by atoms with E-state index in [0.29, 0.717) is 0 Å². The highest BCUT2D eigenvalue weighted by atomic mass is 16.3. The van der Waals surface area contributed by atoms with Gasteiger partial charge in [0.15, 0.2) is 0 Å². The standard InChI is InChI=1S/C4H9N3O/c1-3(4(2)8)6-7-5/h3-4,8H,1-2H3/t3-,4-/m1/s1. The molecule has 0 amide bonds. The van der Waals surface area contributed by atoms with Crippen molar-refractivity contribution in [2.75, 3.05) is 0 Å². The molecule has 0 aliphatic rings. The van der Waals surface area contributed by atoms with Crippen LogP contribution in [0.5, 0.6) is 0 Å². The second-order valence-electron chi connectivity index (χ2n) is 1.69. The summed E-state index contributed by atoms with van der Waals surface area (Å²) >= 11 is 0. The second kappa shape index (κ2) is 3.29. The fraction of sp³-hybridized carbons (Fsp3) is 1.00. The summed E-state index contributed by atoms with van der Waals surface area (Å²) in [5.74, 6) is 0. The summed E-state index contributed by atoms with van der Waals surface area (Å²) in [5.41, 5.74) is 7.83. The predicted octanol–water partition coefficient (Wildman–Crippen LogP) is 1.07. The molecule has 8 heavy (non-hydrogen) atoms. The molecule has 0 saturated heterocycles. The van der Waals surface area contributed by atoms with Crippen LogP contribution in [0.25, 0.3) is 10.4 Å². The molecule has 46 valence electrons. The van der Waals surface area contributed by atoms with Gasteiger partial charge in [0.05, 0.1) is 12.1 Å². The zero-order valence-corrected chi connectivity index (χ0v) is 4.94. The van der Waals surface area contributed by atoms with Crippen molar-refractivity contribution in [1.82, 2.24) is 0 Å². The van der Waals surface area contributed by atoms with Crippen LogP contribution in [-0.2, 0) is 0 Å². The number of nitrogens with zero attached hydrogens (tertiary/aromatic N) is 3. The van der Waals surface area contributed by atoms with Gasteiger partial charge in [0.25, 0.3) is 0 Å². The molecule has 0 aliphatic carbocycles. The molecule has 0 unspecified atom stereocenters. The number of aliphatic hydroxyl groups excluding tert-OH is 1. The van der Waals surface area contributed by atoms with Crippen molar-refractivity contribution in [1.29, 1.82) is 0 Å². The van der Waals surface area contributed by atoms with Crippen LogP contribution in [0.2, 0.25) is 0 Å². The fourth-order valence-electron chi connectivity index (χ4n) is 0.178. The van der Waals surface area contributed by atoms with Crippen LogP contribution in [0.3, 0.4) is 0 Å². The van der Waals surface area contributed by atoms with Gasteiger partial charge in [-0.05, 0) is 12.5 Å². The largest absolute Gasteiger partial charge is 0.393 e. The monoisotopic (exact) mass is 115 g/mol. The molecule has 0 aromatic rings. The van der Waals surface area contributed by atoms with Gasteiger partial charge in [-0.2, -0.15) is 0 Å². The lowest BCUT2D eigenvalue weighted by atomic mass is 10.2. The maximum Gasteiger partial charge on any atom is 0.0602 e. The van der Waals surface area contributed by atoms with Crippen LogP contribution >= 0.6 is 0 Å². The highest BCUT2D eigenvalue weighted by molar-refractivity contribution is 4.65. The van der Waals surface area contributed by atoms with E-state index in [1.165, 1.54) is 0 Å². The fourth-order valence-corrected chi connectivity index (χ4v) is 0.178. The average Bonchev–Trinajstić information content (AvgIpc) is 1.67. The van der Waals surface area contributed by atoms with Gasteiger partial charge in [-0.25, -0.2) is 0 Å². The van der Waals surface area contributed by atoms with Crippen molar-refractivity contribution >= 4 is 0 Å². The van der Waals surface area contributed by atoms with Crippen molar-refractivity contribution in [2.24, 2.45) is 5.11 Å². The third kappa shape index (κ3) is 2.44. The van der Waals surface area contributed by atoms with Gasteiger partial charge in [-0.3, -0.25) is 0 Å². The molecule has 0 spiro atoms. The Morgan fingerprint density at radius 3 is 2.25 bits per heavy atom. The summed E-state index contributed by atoms with van der Waals surface area (Å²) in [4.78, 5) is 2.52. The number of rotatable bonds is 2. The van der Waals surface area contributed by atoms with E-state index in [-0.39, 0.29) is 6.04 Å². The van der Waals surface area contributed by atoms with E-state index >= 15 is 0 Å². The van der Waals surface area contributed by atoms with Gasteiger partial charge >= 0.3 is 0 Å². The third-order valence-corrected chi connectivity index (χ3v) is 0.932. The molecule has 0 bridgehead atoms. The normalized spacial score (nSPS) is 16.4. The molecular formula is C4H9N3O. The minimum absolute atomic E-state index is 0.319. The van der Waals surface area contributed by atoms with Gasteiger partial charge in [0.1, 0.15) is 0 Å². The Bertz CT molecular complexity index is 106. The van der Waals surface area contributed by atoms with Crippen LogP contribution in [0, 0.1) is 0 Å². The summed E-state index contributed by atoms with van der Waals surface area (Å²) in [6, 6.07) is -0.319. The first-order valence-electron chi connectivity index (χ1n) is 2.40. The maximum atomic E-state index is 8.69. The van der Waals surface area contributed by atoms with E-state index in [1.54, 1.807) is 13.8 Å². The maximum absolute atomic E-state index is 8.69. The van der Waals surface area contributed by atoms with Crippen molar-refractivity contribution in [2.45, 2.75) is 26.0 Å². The van der Waals surface area contributed by atoms with Crippen LogP contribution < -0.4 is 0 Å². The summed E-state index contributed by atoms with van der Waals surface area (Å²) in [7, 11) is 0.